The van der Waals surface area contributed by atoms with Gasteiger partial charge in [0.15, 0.2) is 11.6 Å². The number of hydrogen-bond acceptors (Lipinski definition) is 4. The van der Waals surface area contributed by atoms with E-state index in [0.29, 0.717) is 11.1 Å². The molecule has 0 aliphatic rings. The van der Waals surface area contributed by atoms with Crippen LogP contribution in [0.5, 0.6) is 11.5 Å². The van der Waals surface area contributed by atoms with Gasteiger partial charge < -0.3 is 9.47 Å². The van der Waals surface area contributed by atoms with Gasteiger partial charge in [-0.05, 0) is 51.0 Å². The number of carbonyl (C=O) groups excluding carboxylic acids is 2. The van der Waals surface area contributed by atoms with E-state index in [1.165, 1.54) is 64.2 Å². The van der Waals surface area contributed by atoms with Gasteiger partial charge in [0.1, 0.15) is 11.5 Å². The zero-order chi connectivity index (χ0) is 24.4. The predicted octanol–water partition coefficient (Wildman–Crippen LogP) is 8.23. The maximum atomic E-state index is 11.4. The van der Waals surface area contributed by atoms with Crippen molar-refractivity contribution in [3.8, 4) is 11.5 Å². The van der Waals surface area contributed by atoms with Crippen LogP contribution >= 0.6 is 0 Å². The summed E-state index contributed by atoms with van der Waals surface area (Å²) in [5.74, 6) is 1.73. The molecule has 0 bridgehead atoms. The number of Topliss-reactive ketones (excluding diaryl/α,β-unsaturated/α-hetero) is 2. The second kappa shape index (κ2) is 16.9. The smallest absolute Gasteiger partial charge is 0.159 e. The number of rotatable bonds is 19. The normalized spacial score (nSPS) is 10.8. The lowest BCUT2D eigenvalue weighted by molar-refractivity contribution is 0.100. The van der Waals surface area contributed by atoms with Crippen LogP contribution in [-0.2, 0) is 0 Å². The molecule has 0 fully saturated rings. The van der Waals surface area contributed by atoms with Crippen molar-refractivity contribution in [3.63, 3.8) is 0 Å². The number of ether oxygens (including phenoxy) is 2. The highest BCUT2D eigenvalue weighted by Gasteiger charge is 2.02. The second-order valence-electron chi connectivity index (χ2n) is 9.11. The number of carbonyl (C=O) groups is 2. The van der Waals surface area contributed by atoms with E-state index in [-0.39, 0.29) is 11.6 Å². The first-order valence-corrected chi connectivity index (χ1v) is 13.0. The van der Waals surface area contributed by atoms with Crippen LogP contribution in [0.2, 0.25) is 0 Å². The fourth-order valence-electron chi connectivity index (χ4n) is 3.96. The maximum Gasteiger partial charge on any atom is 0.159 e. The summed E-state index contributed by atoms with van der Waals surface area (Å²) in [6.07, 6.45) is 15.0. The highest BCUT2D eigenvalue weighted by molar-refractivity contribution is 5.94. The lowest BCUT2D eigenvalue weighted by Crippen LogP contribution is -1.99. The average molecular weight is 467 g/mol. The van der Waals surface area contributed by atoms with Gasteiger partial charge in [-0.3, -0.25) is 9.59 Å². The fourth-order valence-corrected chi connectivity index (χ4v) is 3.96. The Bertz CT molecular complexity index is 787. The topological polar surface area (TPSA) is 52.6 Å². The predicted molar refractivity (Wildman–Crippen MR) is 139 cm³/mol. The van der Waals surface area contributed by atoms with Crippen molar-refractivity contribution >= 4 is 11.6 Å². The van der Waals surface area contributed by atoms with Gasteiger partial charge in [-0.2, -0.15) is 0 Å². The summed E-state index contributed by atoms with van der Waals surface area (Å²) in [6.45, 7) is 4.60. The van der Waals surface area contributed by atoms with Crippen LogP contribution in [0, 0.1) is 0 Å². The summed E-state index contributed by atoms with van der Waals surface area (Å²) >= 11 is 0. The van der Waals surface area contributed by atoms with Crippen molar-refractivity contribution in [3.05, 3.63) is 59.7 Å². The van der Waals surface area contributed by atoms with E-state index in [0.717, 1.165) is 37.6 Å². The van der Waals surface area contributed by atoms with Crippen molar-refractivity contribution in [2.24, 2.45) is 0 Å². The molecule has 0 unspecified atom stereocenters. The molecule has 2 rings (SSSR count). The van der Waals surface area contributed by atoms with Gasteiger partial charge >= 0.3 is 0 Å². The van der Waals surface area contributed by atoms with Gasteiger partial charge in [0, 0.05) is 11.1 Å². The van der Waals surface area contributed by atoms with Gasteiger partial charge in [0.05, 0.1) is 13.2 Å². The molecule has 4 nitrogen and oxygen atoms in total. The average Bonchev–Trinajstić information content (AvgIpc) is 2.84. The number of unbranched alkanes of at least 4 members (excludes halogenated alkanes) is 11. The first-order valence-electron chi connectivity index (χ1n) is 13.0. The Kier molecular flexibility index (Phi) is 13.7. The number of ketones is 2. The molecule has 0 aromatic heterocycles. The van der Waals surface area contributed by atoms with Gasteiger partial charge in [0.2, 0.25) is 0 Å². The molecule has 0 aliphatic heterocycles. The van der Waals surface area contributed by atoms with E-state index in [1.54, 1.807) is 13.8 Å². The first kappa shape index (κ1) is 27.6. The summed E-state index contributed by atoms with van der Waals surface area (Å²) < 4.78 is 11.5. The third-order valence-corrected chi connectivity index (χ3v) is 6.06. The molecule has 34 heavy (non-hydrogen) atoms. The van der Waals surface area contributed by atoms with E-state index in [1.807, 2.05) is 48.5 Å². The van der Waals surface area contributed by atoms with E-state index in [4.69, 9.17) is 9.47 Å². The molecule has 0 heterocycles. The van der Waals surface area contributed by atoms with Crippen LogP contribution in [0.25, 0.3) is 0 Å². The zero-order valence-electron chi connectivity index (χ0n) is 21.2. The Morgan fingerprint density at radius 2 is 0.853 bits per heavy atom. The van der Waals surface area contributed by atoms with E-state index in [9.17, 15) is 9.59 Å². The monoisotopic (exact) mass is 466 g/mol. The van der Waals surface area contributed by atoms with Crippen molar-refractivity contribution in [1.82, 2.24) is 0 Å². The minimum absolute atomic E-state index is 0.0739. The van der Waals surface area contributed by atoms with Crippen molar-refractivity contribution < 1.29 is 19.1 Å². The van der Waals surface area contributed by atoms with Crippen LogP contribution in [0.3, 0.4) is 0 Å². The Hall–Kier alpha value is -2.62. The largest absolute Gasteiger partial charge is 0.494 e. The third kappa shape index (κ3) is 12.0. The summed E-state index contributed by atoms with van der Waals surface area (Å²) in [6, 6.07) is 14.9. The summed E-state index contributed by atoms with van der Waals surface area (Å²) in [7, 11) is 0. The SMILES string of the molecule is CC(=O)c1cccc(OCCCCCCCCCCCCCCOc2cccc(C(C)=O)c2)c1. The summed E-state index contributed by atoms with van der Waals surface area (Å²) in [4.78, 5) is 22.8. The van der Waals surface area contributed by atoms with Crippen molar-refractivity contribution in [1.29, 1.82) is 0 Å². The van der Waals surface area contributed by atoms with Gasteiger partial charge in [-0.15, -0.1) is 0 Å². The number of benzene rings is 2. The molecule has 2 aromatic carbocycles. The summed E-state index contributed by atoms with van der Waals surface area (Å²) in [5, 5.41) is 0. The molecule has 0 saturated heterocycles. The molecular formula is C30H42O4. The van der Waals surface area contributed by atoms with Crippen molar-refractivity contribution in [2.45, 2.75) is 90.9 Å². The van der Waals surface area contributed by atoms with Crippen LogP contribution in [0.1, 0.15) is 112 Å². The lowest BCUT2D eigenvalue weighted by atomic mass is 10.1. The summed E-state index contributed by atoms with van der Waals surface area (Å²) in [5.41, 5.74) is 1.42. The lowest BCUT2D eigenvalue weighted by Gasteiger charge is -2.07. The second-order valence-corrected chi connectivity index (χ2v) is 9.11. The van der Waals surface area contributed by atoms with Crippen molar-refractivity contribution in [2.75, 3.05) is 13.2 Å². The molecule has 0 atom stereocenters. The van der Waals surface area contributed by atoms with Crippen LogP contribution < -0.4 is 9.47 Å². The maximum absolute atomic E-state index is 11.4. The Balaban J connectivity index is 1.33. The molecule has 4 heteroatoms. The Labute approximate surface area is 206 Å². The molecular weight excluding hydrogens is 424 g/mol. The minimum Gasteiger partial charge on any atom is -0.494 e. The van der Waals surface area contributed by atoms with E-state index >= 15 is 0 Å². The number of hydrogen-bond donors (Lipinski definition) is 0. The van der Waals surface area contributed by atoms with E-state index in [2.05, 4.69) is 0 Å². The van der Waals surface area contributed by atoms with Gasteiger partial charge in [0.25, 0.3) is 0 Å². The molecule has 0 radical (unpaired) electrons. The van der Waals surface area contributed by atoms with Gasteiger partial charge in [-0.1, -0.05) is 88.5 Å². The fraction of sp³-hybridized carbons (Fsp3) is 0.533. The molecule has 0 saturated carbocycles. The van der Waals surface area contributed by atoms with Crippen LogP contribution in [-0.4, -0.2) is 24.8 Å². The molecule has 0 aliphatic carbocycles. The molecule has 0 amide bonds. The highest BCUT2D eigenvalue weighted by atomic mass is 16.5. The molecule has 0 spiro atoms. The first-order chi connectivity index (χ1) is 16.6. The van der Waals surface area contributed by atoms with Gasteiger partial charge in [-0.25, -0.2) is 0 Å². The van der Waals surface area contributed by atoms with Crippen LogP contribution in [0.4, 0.5) is 0 Å². The highest BCUT2D eigenvalue weighted by Crippen LogP contribution is 2.17. The molecule has 2 aromatic rings. The standard InChI is InChI=1S/C30H42O4/c1-25(31)27-17-15-19-29(23-27)33-21-13-11-9-7-5-3-4-6-8-10-12-14-22-34-30-20-16-18-28(24-30)26(2)32/h15-20,23-24H,3-14,21-22H2,1-2H3. The minimum atomic E-state index is 0.0739. The Morgan fingerprint density at radius 3 is 1.18 bits per heavy atom. The Morgan fingerprint density at radius 1 is 0.529 bits per heavy atom. The zero-order valence-corrected chi connectivity index (χ0v) is 21.2. The quantitative estimate of drug-likeness (QED) is 0.154. The van der Waals surface area contributed by atoms with Crippen LogP contribution in [0.15, 0.2) is 48.5 Å². The third-order valence-electron chi connectivity index (χ3n) is 6.06. The molecule has 0 N–H and O–H groups in total. The molecule has 186 valence electrons. The van der Waals surface area contributed by atoms with E-state index < -0.39 is 0 Å².